The quantitative estimate of drug-likeness (QED) is 0.248. The first-order chi connectivity index (χ1) is 24.8. The molecule has 1 aromatic carbocycles. The van der Waals surface area contributed by atoms with Gasteiger partial charge in [-0.15, -0.1) is 0 Å². The molecule has 9 rings (SSSR count). The maximum absolute atomic E-state index is 7.00. The largest absolute Gasteiger partial charge is 0.455 e. The molecule has 0 spiro atoms. The molecule has 0 N–H and O–H groups in total. The molecular weight excluding hydrogens is 640 g/mol. The van der Waals surface area contributed by atoms with Crippen molar-refractivity contribution < 1.29 is 4.42 Å². The summed E-state index contributed by atoms with van der Waals surface area (Å²) in [4.78, 5) is 79.2. The van der Waals surface area contributed by atoms with Crippen LogP contribution in [0.4, 0.5) is 0 Å². The van der Waals surface area contributed by atoms with Crippen molar-refractivity contribution in [1.29, 1.82) is 0 Å². The van der Waals surface area contributed by atoms with E-state index in [0.29, 0.717) is 79.5 Å². The molecule has 0 saturated carbocycles. The van der Waals surface area contributed by atoms with Gasteiger partial charge < -0.3 is 4.42 Å². The van der Waals surface area contributed by atoms with Crippen molar-refractivity contribution in [3.63, 3.8) is 0 Å². The molecule has 7 aromatic heterocycles. The van der Waals surface area contributed by atoms with E-state index >= 15 is 0 Å². The third-order valence-corrected chi connectivity index (χ3v) is 8.22. The summed E-state index contributed by atoms with van der Waals surface area (Å²) in [6.07, 6.45) is 17.0. The van der Waals surface area contributed by atoms with Crippen LogP contribution in [0.2, 0.25) is 0 Å². The van der Waals surface area contributed by atoms with E-state index in [4.69, 9.17) is 4.42 Å². The van der Waals surface area contributed by atoms with Crippen molar-refractivity contribution in [1.82, 2.24) is 89.7 Å². The Hall–Kier alpha value is -7.44. The molecule has 0 saturated heterocycles. The van der Waals surface area contributed by atoms with Crippen LogP contribution in [-0.2, 0) is 0 Å². The van der Waals surface area contributed by atoms with Gasteiger partial charge in [-0.3, -0.25) is 0 Å². The zero-order chi connectivity index (χ0) is 33.4. The summed E-state index contributed by atoms with van der Waals surface area (Å²) in [7, 11) is 0. The summed E-state index contributed by atoms with van der Waals surface area (Å²) in [6, 6.07) is 1.96. The normalized spacial score (nSPS) is 15.6. The molecular formula is C31H18N18O. The fraction of sp³-hybridized carbons (Fsp3) is 0.0968. The van der Waals surface area contributed by atoms with Crippen LogP contribution in [0.3, 0.4) is 0 Å². The van der Waals surface area contributed by atoms with Gasteiger partial charge in [0.05, 0.1) is 23.0 Å². The van der Waals surface area contributed by atoms with Gasteiger partial charge >= 0.3 is 0 Å². The smallest absolute Gasteiger partial charge is 0.166 e. The number of nitrogens with zero attached hydrogens (tertiary/aromatic N) is 18. The van der Waals surface area contributed by atoms with E-state index in [2.05, 4.69) is 89.7 Å². The number of rotatable bonds is 6. The Kier molecular flexibility index (Phi) is 6.89. The molecule has 7 heterocycles. The van der Waals surface area contributed by atoms with E-state index in [1.54, 1.807) is 0 Å². The van der Waals surface area contributed by atoms with E-state index in [1.165, 1.54) is 75.9 Å². The van der Waals surface area contributed by atoms with Crippen LogP contribution in [0, 0.1) is 6.92 Å². The van der Waals surface area contributed by atoms with Crippen molar-refractivity contribution in [3.8, 4) is 22.8 Å². The Morgan fingerprint density at radius 1 is 0.480 bits per heavy atom. The van der Waals surface area contributed by atoms with Gasteiger partial charge in [0.15, 0.2) is 23.3 Å². The van der Waals surface area contributed by atoms with Gasteiger partial charge in [0.1, 0.15) is 98.9 Å². The van der Waals surface area contributed by atoms with Crippen molar-refractivity contribution in [2.75, 3.05) is 0 Å². The topological polar surface area (TPSA) is 245 Å². The highest BCUT2D eigenvalue weighted by atomic mass is 16.3. The molecule has 0 aliphatic heterocycles. The van der Waals surface area contributed by atoms with Gasteiger partial charge in [0.2, 0.25) is 0 Å². The van der Waals surface area contributed by atoms with Crippen LogP contribution in [-0.4, -0.2) is 89.7 Å². The van der Waals surface area contributed by atoms with Crippen molar-refractivity contribution in [3.05, 3.63) is 122 Å². The highest BCUT2D eigenvalue weighted by Gasteiger charge is 2.47. The Morgan fingerprint density at radius 3 is 1.46 bits per heavy atom. The number of hydrogen-bond donors (Lipinski definition) is 0. The van der Waals surface area contributed by atoms with Gasteiger partial charge in [-0.05, 0) is 18.6 Å². The fourth-order valence-electron chi connectivity index (χ4n) is 6.29. The average Bonchev–Trinajstić information content (AvgIpc) is 3.57. The Morgan fingerprint density at radius 2 is 0.920 bits per heavy atom. The lowest BCUT2D eigenvalue weighted by Crippen LogP contribution is -2.25. The van der Waals surface area contributed by atoms with E-state index in [-0.39, 0.29) is 0 Å². The lowest BCUT2D eigenvalue weighted by atomic mass is 9.71. The first-order valence-electron chi connectivity index (χ1n) is 14.9. The number of allylic oxidation sites excluding steroid dienone is 1. The van der Waals surface area contributed by atoms with Crippen LogP contribution in [0.5, 0.6) is 0 Å². The van der Waals surface area contributed by atoms with Gasteiger partial charge in [0.25, 0.3) is 0 Å². The summed E-state index contributed by atoms with van der Waals surface area (Å²) in [5, 5.41) is 0.669. The lowest BCUT2D eigenvalue weighted by molar-refractivity contribution is 0.562. The molecule has 2 unspecified atom stereocenters. The van der Waals surface area contributed by atoms with Crippen LogP contribution < -0.4 is 0 Å². The number of aromatic nitrogens is 18. The summed E-state index contributed by atoms with van der Waals surface area (Å²) in [5.74, 6) is 1.17. The molecule has 50 heavy (non-hydrogen) atoms. The summed E-state index contributed by atoms with van der Waals surface area (Å²) in [6.45, 7) is 1.93. The first-order valence-corrected chi connectivity index (χ1v) is 14.9. The maximum atomic E-state index is 7.00. The molecule has 19 heteroatoms. The molecule has 0 fully saturated rings. The Labute approximate surface area is 279 Å². The molecule has 0 amide bonds. The Balaban J connectivity index is 1.50. The molecule has 0 bridgehead atoms. The standard InChI is InChI=1S/C31H18N18O/c1-15-16(26-38-3-32-4-39-26)2-17-19-20(28-42-7-34-8-43-28)21(29-44-9-35-10-45-29)22(30-46-11-36-12-47-30)23(31-48-13-37-14-49-31)25(19)50-24(17)18(15)27-40-5-33-6-41-27/h2-14,20-21H,1H3. The van der Waals surface area contributed by atoms with Gasteiger partial charge in [-0.1, -0.05) is 0 Å². The minimum Gasteiger partial charge on any atom is -0.455 e. The molecule has 1 aliphatic carbocycles. The molecule has 238 valence electrons. The lowest BCUT2D eigenvalue weighted by Gasteiger charge is -2.32. The van der Waals surface area contributed by atoms with Crippen LogP contribution in [0.25, 0.3) is 44.9 Å². The zero-order valence-electron chi connectivity index (χ0n) is 25.6. The molecule has 1 aliphatic rings. The van der Waals surface area contributed by atoms with Crippen molar-refractivity contribution in [2.24, 2.45) is 0 Å². The van der Waals surface area contributed by atoms with E-state index < -0.39 is 11.8 Å². The minimum atomic E-state index is -0.731. The van der Waals surface area contributed by atoms with Crippen molar-refractivity contribution >= 4 is 22.1 Å². The summed E-state index contributed by atoms with van der Waals surface area (Å²) in [5.41, 5.74) is 4.20. The van der Waals surface area contributed by atoms with Crippen LogP contribution in [0.15, 0.2) is 86.4 Å². The van der Waals surface area contributed by atoms with Gasteiger partial charge in [-0.25, -0.2) is 89.7 Å². The molecule has 2 atom stereocenters. The van der Waals surface area contributed by atoms with E-state index in [0.717, 1.165) is 5.56 Å². The van der Waals surface area contributed by atoms with E-state index in [1.807, 2.05) is 13.0 Å². The second-order valence-electron chi connectivity index (χ2n) is 10.7. The number of benzene rings is 1. The third-order valence-electron chi connectivity index (χ3n) is 8.22. The third kappa shape index (κ3) is 4.67. The monoisotopic (exact) mass is 658 g/mol. The second kappa shape index (κ2) is 12.0. The Bertz CT molecular complexity index is 2490. The summed E-state index contributed by atoms with van der Waals surface area (Å²) >= 11 is 0. The van der Waals surface area contributed by atoms with Gasteiger partial charge in [0, 0.05) is 22.1 Å². The summed E-state index contributed by atoms with van der Waals surface area (Å²) < 4.78 is 7.00. The first kappa shape index (κ1) is 28.8. The minimum absolute atomic E-state index is 0.292. The molecule has 19 nitrogen and oxygen atoms in total. The number of furan rings is 1. The van der Waals surface area contributed by atoms with Gasteiger partial charge in [-0.2, -0.15) is 0 Å². The second-order valence-corrected chi connectivity index (χ2v) is 10.7. The van der Waals surface area contributed by atoms with Crippen molar-refractivity contribution in [2.45, 2.75) is 18.8 Å². The average molecular weight is 659 g/mol. The molecule has 8 aromatic rings. The number of fused-ring (bicyclic) bond motifs is 3. The highest BCUT2D eigenvalue weighted by molar-refractivity contribution is 6.07. The van der Waals surface area contributed by atoms with Crippen LogP contribution in [0.1, 0.15) is 52.0 Å². The SMILES string of the molecule is Cc1c(-c2ncncn2)cc2c3c(oc2c1-c1ncncn1)C(c1ncncn1)=C(c1ncncn1)C(c1ncncn1)C3c1ncncn1. The molecule has 0 radical (unpaired) electrons. The predicted molar refractivity (Wildman–Crippen MR) is 168 cm³/mol. The van der Waals surface area contributed by atoms with E-state index in [9.17, 15) is 0 Å². The van der Waals surface area contributed by atoms with Crippen LogP contribution >= 0.6 is 0 Å². The zero-order valence-corrected chi connectivity index (χ0v) is 25.6. The predicted octanol–water partition coefficient (Wildman–Crippen LogP) is 2.07. The highest BCUT2D eigenvalue weighted by Crippen LogP contribution is 2.57. The fourth-order valence-corrected chi connectivity index (χ4v) is 6.29. The number of hydrogen-bond acceptors (Lipinski definition) is 19. The maximum Gasteiger partial charge on any atom is 0.166 e.